The summed E-state index contributed by atoms with van der Waals surface area (Å²) < 4.78 is 0. The van der Waals surface area contributed by atoms with Gasteiger partial charge in [0.2, 0.25) is 0 Å². The van der Waals surface area contributed by atoms with Crippen LogP contribution in [-0.4, -0.2) is 5.11 Å². The summed E-state index contributed by atoms with van der Waals surface area (Å²) in [6.07, 6.45) is 2.72. The fraction of sp³-hybridized carbons (Fsp3) is 0.455. The number of rotatable bonds is 2. The zero-order valence-corrected chi connectivity index (χ0v) is 7.33. The Hall–Kier alpha value is -0.980. The monoisotopic (exact) mass is 162 g/mol. The molecule has 1 aliphatic carbocycles. The lowest BCUT2D eigenvalue weighted by molar-refractivity contribution is 0.473. The smallest absolute Gasteiger partial charge is 0.115 e. The van der Waals surface area contributed by atoms with E-state index in [9.17, 15) is 5.11 Å². The van der Waals surface area contributed by atoms with Crippen LogP contribution in [0.1, 0.15) is 31.2 Å². The van der Waals surface area contributed by atoms with E-state index in [0.29, 0.717) is 11.7 Å². The summed E-state index contributed by atoms with van der Waals surface area (Å²) >= 11 is 0. The van der Waals surface area contributed by atoms with Crippen LogP contribution in [0, 0.1) is 5.92 Å². The minimum Gasteiger partial charge on any atom is -0.508 e. The van der Waals surface area contributed by atoms with Gasteiger partial charge >= 0.3 is 0 Å². The third-order valence-corrected chi connectivity index (χ3v) is 2.73. The molecule has 1 nitrogen and oxygen atoms in total. The van der Waals surface area contributed by atoms with Crippen molar-refractivity contribution in [3.63, 3.8) is 0 Å². The van der Waals surface area contributed by atoms with E-state index in [0.717, 1.165) is 5.92 Å². The summed E-state index contributed by atoms with van der Waals surface area (Å²) in [5.41, 5.74) is 1.28. The lowest BCUT2D eigenvalue weighted by atomic mass is 9.96. The van der Waals surface area contributed by atoms with Crippen molar-refractivity contribution in [3.8, 4) is 5.75 Å². The van der Waals surface area contributed by atoms with E-state index in [1.807, 2.05) is 12.1 Å². The summed E-state index contributed by atoms with van der Waals surface area (Å²) in [5, 5.41) is 9.26. The highest BCUT2D eigenvalue weighted by Gasteiger charge is 2.28. The van der Waals surface area contributed by atoms with Crippen molar-refractivity contribution < 1.29 is 5.11 Å². The molecule has 0 aliphatic heterocycles. The van der Waals surface area contributed by atoms with Crippen LogP contribution in [0.5, 0.6) is 5.75 Å². The fourth-order valence-electron chi connectivity index (χ4n) is 1.68. The van der Waals surface area contributed by atoms with E-state index < -0.39 is 0 Å². The molecule has 1 heteroatoms. The Morgan fingerprint density at radius 1 is 1.42 bits per heavy atom. The maximum Gasteiger partial charge on any atom is 0.115 e. The van der Waals surface area contributed by atoms with Crippen molar-refractivity contribution in [1.82, 2.24) is 0 Å². The van der Waals surface area contributed by atoms with Crippen LogP contribution in [0.3, 0.4) is 0 Å². The molecular weight excluding hydrogens is 148 g/mol. The third kappa shape index (κ3) is 1.45. The quantitative estimate of drug-likeness (QED) is 0.709. The first-order valence-corrected chi connectivity index (χ1v) is 4.56. The van der Waals surface area contributed by atoms with Crippen LogP contribution >= 0.6 is 0 Å². The SMILES string of the molecule is C[C@H](c1cccc(O)c1)C1CC1. The topological polar surface area (TPSA) is 20.2 Å². The van der Waals surface area contributed by atoms with Crippen molar-refractivity contribution in [2.45, 2.75) is 25.7 Å². The van der Waals surface area contributed by atoms with Gasteiger partial charge in [0.25, 0.3) is 0 Å². The Morgan fingerprint density at radius 3 is 2.75 bits per heavy atom. The number of phenolic OH excluding ortho intramolecular Hbond substituents is 1. The molecule has 1 aliphatic rings. The van der Waals surface area contributed by atoms with E-state index in [-0.39, 0.29) is 0 Å². The van der Waals surface area contributed by atoms with Gasteiger partial charge in [-0.05, 0) is 42.4 Å². The molecule has 2 rings (SSSR count). The summed E-state index contributed by atoms with van der Waals surface area (Å²) in [4.78, 5) is 0. The van der Waals surface area contributed by atoms with E-state index in [1.54, 1.807) is 6.07 Å². The second kappa shape index (κ2) is 2.81. The van der Waals surface area contributed by atoms with Crippen molar-refractivity contribution in [2.24, 2.45) is 5.92 Å². The van der Waals surface area contributed by atoms with E-state index >= 15 is 0 Å². The highest BCUT2D eigenvalue weighted by molar-refractivity contribution is 5.30. The summed E-state index contributed by atoms with van der Waals surface area (Å²) in [6.45, 7) is 2.24. The summed E-state index contributed by atoms with van der Waals surface area (Å²) in [5.74, 6) is 1.88. The molecule has 1 N–H and O–H groups in total. The molecule has 0 saturated heterocycles. The minimum absolute atomic E-state index is 0.389. The molecule has 64 valence electrons. The molecule has 0 radical (unpaired) electrons. The fourth-order valence-corrected chi connectivity index (χ4v) is 1.68. The average Bonchev–Trinajstić information content (AvgIpc) is 2.85. The van der Waals surface area contributed by atoms with Crippen LogP contribution in [0.2, 0.25) is 0 Å². The predicted molar refractivity (Wildman–Crippen MR) is 49.2 cm³/mol. The molecule has 0 aromatic heterocycles. The average molecular weight is 162 g/mol. The Labute approximate surface area is 73.0 Å². The maximum atomic E-state index is 9.26. The van der Waals surface area contributed by atoms with Crippen molar-refractivity contribution in [2.75, 3.05) is 0 Å². The number of aromatic hydroxyl groups is 1. The summed E-state index contributed by atoms with van der Waals surface area (Å²) in [7, 11) is 0. The van der Waals surface area contributed by atoms with Gasteiger partial charge in [-0.25, -0.2) is 0 Å². The van der Waals surface area contributed by atoms with Gasteiger partial charge in [-0.3, -0.25) is 0 Å². The molecule has 0 heterocycles. The molecule has 0 amide bonds. The molecule has 1 fully saturated rings. The predicted octanol–water partition coefficient (Wildman–Crippen LogP) is 2.91. The molecule has 1 atom stereocenters. The number of benzene rings is 1. The first kappa shape index (κ1) is 7.66. The minimum atomic E-state index is 0.389. The second-order valence-electron chi connectivity index (χ2n) is 3.72. The lowest BCUT2D eigenvalue weighted by Crippen LogP contribution is -1.94. The van der Waals surface area contributed by atoms with Gasteiger partial charge in [0, 0.05) is 0 Å². The maximum absolute atomic E-state index is 9.26. The molecule has 0 spiro atoms. The molecule has 0 unspecified atom stereocenters. The molecule has 12 heavy (non-hydrogen) atoms. The van der Waals surface area contributed by atoms with Crippen LogP contribution < -0.4 is 0 Å². The zero-order chi connectivity index (χ0) is 8.55. The molecule has 1 aromatic carbocycles. The van der Waals surface area contributed by atoms with E-state index in [1.165, 1.54) is 18.4 Å². The summed E-state index contributed by atoms with van der Waals surface area (Å²) in [6, 6.07) is 7.62. The van der Waals surface area contributed by atoms with Gasteiger partial charge in [0.05, 0.1) is 0 Å². The Bertz CT molecular complexity index is 276. The molecular formula is C11H14O. The van der Waals surface area contributed by atoms with Crippen LogP contribution in [0.25, 0.3) is 0 Å². The molecule has 1 saturated carbocycles. The van der Waals surface area contributed by atoms with Crippen LogP contribution in [0.15, 0.2) is 24.3 Å². The van der Waals surface area contributed by atoms with Crippen molar-refractivity contribution in [3.05, 3.63) is 29.8 Å². The first-order chi connectivity index (χ1) is 5.77. The van der Waals surface area contributed by atoms with Gasteiger partial charge < -0.3 is 5.11 Å². The Balaban J connectivity index is 2.20. The standard InChI is InChI=1S/C11H14O/c1-8(9-5-6-9)10-3-2-4-11(12)7-10/h2-4,7-9,12H,5-6H2,1H3/t8-/m0/s1. The van der Waals surface area contributed by atoms with Crippen LogP contribution in [0.4, 0.5) is 0 Å². The molecule has 0 bridgehead atoms. The third-order valence-electron chi connectivity index (χ3n) is 2.73. The van der Waals surface area contributed by atoms with Gasteiger partial charge in [0.15, 0.2) is 0 Å². The zero-order valence-electron chi connectivity index (χ0n) is 7.33. The lowest BCUT2D eigenvalue weighted by Gasteiger charge is -2.09. The number of phenols is 1. The highest BCUT2D eigenvalue weighted by Crippen LogP contribution is 2.42. The van der Waals surface area contributed by atoms with Gasteiger partial charge in [-0.1, -0.05) is 19.1 Å². The largest absolute Gasteiger partial charge is 0.508 e. The van der Waals surface area contributed by atoms with Crippen molar-refractivity contribution >= 4 is 0 Å². The van der Waals surface area contributed by atoms with Gasteiger partial charge in [-0.2, -0.15) is 0 Å². The Morgan fingerprint density at radius 2 is 2.17 bits per heavy atom. The molecule has 1 aromatic rings. The van der Waals surface area contributed by atoms with E-state index in [4.69, 9.17) is 0 Å². The van der Waals surface area contributed by atoms with Crippen LogP contribution in [-0.2, 0) is 0 Å². The first-order valence-electron chi connectivity index (χ1n) is 4.56. The number of hydrogen-bond acceptors (Lipinski definition) is 1. The van der Waals surface area contributed by atoms with Crippen molar-refractivity contribution in [1.29, 1.82) is 0 Å². The second-order valence-corrected chi connectivity index (χ2v) is 3.72. The number of hydrogen-bond donors (Lipinski definition) is 1. The van der Waals surface area contributed by atoms with Gasteiger partial charge in [0.1, 0.15) is 5.75 Å². The highest BCUT2D eigenvalue weighted by atomic mass is 16.3. The van der Waals surface area contributed by atoms with E-state index in [2.05, 4.69) is 13.0 Å². The Kier molecular flexibility index (Phi) is 1.80. The van der Waals surface area contributed by atoms with Gasteiger partial charge in [-0.15, -0.1) is 0 Å². The normalized spacial score (nSPS) is 19.1.